The number of nitro groups is 1. The van der Waals surface area contributed by atoms with Gasteiger partial charge in [-0.05, 0) is 30.5 Å². The third-order valence-corrected chi connectivity index (χ3v) is 5.51. The predicted molar refractivity (Wildman–Crippen MR) is 124 cm³/mol. The summed E-state index contributed by atoms with van der Waals surface area (Å²) in [7, 11) is 0. The minimum Gasteiger partial charge on any atom is -0.503 e. The zero-order chi connectivity index (χ0) is 24.7. The Bertz CT molecular complexity index is 1150. The zero-order valence-corrected chi connectivity index (χ0v) is 18.3. The fourth-order valence-corrected chi connectivity index (χ4v) is 3.91. The number of aliphatic hydroxyl groups is 1. The number of rotatable bonds is 11. The monoisotopic (exact) mass is 464 g/mol. The van der Waals surface area contributed by atoms with E-state index in [0.717, 1.165) is 5.56 Å². The van der Waals surface area contributed by atoms with Gasteiger partial charge < -0.3 is 15.1 Å². The van der Waals surface area contributed by atoms with Crippen LogP contribution in [0.25, 0.3) is 6.08 Å². The number of benzene rings is 2. The molecule has 1 aliphatic heterocycles. The first kappa shape index (κ1) is 24.4. The minimum absolute atomic E-state index is 0.0148. The Morgan fingerprint density at radius 3 is 2.38 bits per heavy atom. The smallest absolute Gasteiger partial charge is 0.303 e. The van der Waals surface area contributed by atoms with Gasteiger partial charge in [0.25, 0.3) is 11.6 Å². The maximum absolute atomic E-state index is 13.1. The molecule has 1 heterocycles. The van der Waals surface area contributed by atoms with E-state index in [4.69, 9.17) is 5.11 Å². The molecule has 1 unspecified atom stereocenters. The van der Waals surface area contributed by atoms with Crippen LogP contribution in [0.1, 0.15) is 42.9 Å². The van der Waals surface area contributed by atoms with Gasteiger partial charge in [0.1, 0.15) is 0 Å². The molecule has 0 bridgehead atoms. The first-order chi connectivity index (χ1) is 16.3. The molecule has 9 heteroatoms. The largest absolute Gasteiger partial charge is 0.503 e. The number of carboxylic acid groups (broad SMARTS) is 1. The number of amides is 1. The SMILES string of the molecule is O=C(O)CCCCCN1C(=O)C(O)=C(C(=O)/C=C/c2ccccc2)C1c1ccccc1[N+](=O)[O-]. The maximum Gasteiger partial charge on any atom is 0.303 e. The number of hydrogen-bond acceptors (Lipinski definition) is 6. The average Bonchev–Trinajstić information content (AvgIpc) is 3.07. The van der Waals surface area contributed by atoms with Crippen molar-refractivity contribution in [3.8, 4) is 0 Å². The predicted octanol–water partition coefficient (Wildman–Crippen LogP) is 4.22. The lowest BCUT2D eigenvalue weighted by atomic mass is 9.94. The third-order valence-electron chi connectivity index (χ3n) is 5.51. The van der Waals surface area contributed by atoms with Crippen LogP contribution >= 0.6 is 0 Å². The van der Waals surface area contributed by atoms with E-state index in [2.05, 4.69) is 0 Å². The van der Waals surface area contributed by atoms with Gasteiger partial charge in [-0.1, -0.05) is 55.0 Å². The summed E-state index contributed by atoms with van der Waals surface area (Å²) < 4.78 is 0. The Labute approximate surface area is 195 Å². The van der Waals surface area contributed by atoms with Gasteiger partial charge in [-0.25, -0.2) is 0 Å². The van der Waals surface area contributed by atoms with Crippen LogP contribution in [0.4, 0.5) is 5.69 Å². The maximum atomic E-state index is 13.1. The summed E-state index contributed by atoms with van der Waals surface area (Å²) in [4.78, 5) is 49.1. The molecule has 0 aromatic heterocycles. The van der Waals surface area contributed by atoms with Crippen LogP contribution in [0, 0.1) is 10.1 Å². The van der Waals surface area contributed by atoms with Gasteiger partial charge in [0, 0.05) is 19.0 Å². The summed E-state index contributed by atoms with van der Waals surface area (Å²) in [5.41, 5.74) is 0.352. The molecule has 0 saturated heterocycles. The van der Waals surface area contributed by atoms with Crippen LogP contribution in [-0.4, -0.2) is 44.2 Å². The van der Waals surface area contributed by atoms with E-state index in [0.29, 0.717) is 19.3 Å². The molecule has 176 valence electrons. The van der Waals surface area contributed by atoms with Crippen molar-refractivity contribution in [2.45, 2.75) is 31.7 Å². The lowest BCUT2D eigenvalue weighted by Gasteiger charge is -2.26. The molecule has 0 fully saturated rings. The van der Waals surface area contributed by atoms with Gasteiger partial charge in [0.15, 0.2) is 11.5 Å². The third kappa shape index (κ3) is 5.55. The number of para-hydroxylation sites is 1. The van der Waals surface area contributed by atoms with Crippen molar-refractivity contribution in [3.05, 3.63) is 93.2 Å². The number of hydrogen-bond donors (Lipinski definition) is 2. The van der Waals surface area contributed by atoms with Crippen LogP contribution in [0.2, 0.25) is 0 Å². The number of allylic oxidation sites excluding steroid dienone is 1. The zero-order valence-electron chi connectivity index (χ0n) is 18.3. The molecule has 1 amide bonds. The van der Waals surface area contributed by atoms with E-state index in [-0.39, 0.29) is 29.8 Å². The minimum atomic E-state index is -1.14. The van der Waals surface area contributed by atoms with Crippen molar-refractivity contribution in [1.82, 2.24) is 4.90 Å². The number of carboxylic acids is 1. The topological polar surface area (TPSA) is 138 Å². The molecular weight excluding hydrogens is 440 g/mol. The molecule has 2 aromatic carbocycles. The second-order valence-electron chi connectivity index (χ2n) is 7.79. The van der Waals surface area contributed by atoms with Gasteiger partial charge in [0.2, 0.25) is 0 Å². The normalized spacial score (nSPS) is 15.8. The molecule has 3 rings (SSSR count). The molecule has 2 aromatic rings. The van der Waals surface area contributed by atoms with Crippen molar-refractivity contribution >= 4 is 29.4 Å². The second-order valence-corrected chi connectivity index (χ2v) is 7.79. The van der Waals surface area contributed by atoms with Crippen LogP contribution in [-0.2, 0) is 14.4 Å². The number of aliphatic carboxylic acids is 1. The van der Waals surface area contributed by atoms with Gasteiger partial charge in [-0.2, -0.15) is 0 Å². The van der Waals surface area contributed by atoms with E-state index in [1.54, 1.807) is 30.3 Å². The van der Waals surface area contributed by atoms with Gasteiger partial charge in [-0.15, -0.1) is 0 Å². The molecule has 0 spiro atoms. The van der Waals surface area contributed by atoms with Crippen LogP contribution in [0.3, 0.4) is 0 Å². The van der Waals surface area contributed by atoms with Crippen molar-refractivity contribution < 1.29 is 29.5 Å². The Morgan fingerprint density at radius 1 is 1.03 bits per heavy atom. The average molecular weight is 464 g/mol. The Kier molecular flexibility index (Phi) is 7.92. The Hall–Kier alpha value is -4.27. The van der Waals surface area contributed by atoms with E-state index in [9.17, 15) is 29.6 Å². The summed E-state index contributed by atoms with van der Waals surface area (Å²) in [6.07, 6.45) is 4.06. The van der Waals surface area contributed by atoms with E-state index >= 15 is 0 Å². The van der Waals surface area contributed by atoms with Crippen molar-refractivity contribution in [1.29, 1.82) is 0 Å². The number of carbonyl (C=O) groups excluding carboxylic acids is 2. The summed E-state index contributed by atoms with van der Waals surface area (Å²) in [5.74, 6) is -3.09. The quantitative estimate of drug-likeness (QED) is 0.220. The highest BCUT2D eigenvalue weighted by Gasteiger charge is 2.44. The molecule has 1 aliphatic rings. The summed E-state index contributed by atoms with van der Waals surface area (Å²) >= 11 is 0. The molecular formula is C25H24N2O7. The van der Waals surface area contributed by atoms with Crippen molar-refractivity contribution in [2.75, 3.05) is 6.54 Å². The lowest BCUT2D eigenvalue weighted by molar-refractivity contribution is -0.385. The van der Waals surface area contributed by atoms with E-state index in [1.807, 2.05) is 6.07 Å². The summed E-state index contributed by atoms with van der Waals surface area (Å²) in [6.45, 7) is 0.0956. The molecule has 0 saturated carbocycles. The second kappa shape index (κ2) is 11.0. The highest BCUT2D eigenvalue weighted by molar-refractivity contribution is 6.14. The number of ketones is 1. The van der Waals surface area contributed by atoms with Crippen LogP contribution < -0.4 is 0 Å². The number of aliphatic hydroxyl groups excluding tert-OH is 1. The number of nitro benzene ring substituents is 1. The highest BCUT2D eigenvalue weighted by Crippen LogP contribution is 2.41. The van der Waals surface area contributed by atoms with Crippen molar-refractivity contribution in [2.24, 2.45) is 0 Å². The Morgan fingerprint density at radius 2 is 1.71 bits per heavy atom. The fourth-order valence-electron chi connectivity index (χ4n) is 3.91. The van der Waals surface area contributed by atoms with Gasteiger partial charge >= 0.3 is 5.97 Å². The van der Waals surface area contributed by atoms with Gasteiger partial charge in [0.05, 0.1) is 22.1 Å². The van der Waals surface area contributed by atoms with Crippen LogP contribution in [0.15, 0.2) is 72.0 Å². The summed E-state index contributed by atoms with van der Waals surface area (Å²) in [6, 6.07) is 13.6. The molecule has 0 radical (unpaired) electrons. The van der Waals surface area contributed by atoms with Crippen molar-refractivity contribution in [3.63, 3.8) is 0 Å². The molecule has 9 nitrogen and oxygen atoms in total. The van der Waals surface area contributed by atoms with E-state index < -0.39 is 34.4 Å². The Balaban J connectivity index is 1.94. The van der Waals surface area contributed by atoms with Crippen LogP contribution in [0.5, 0.6) is 0 Å². The lowest BCUT2D eigenvalue weighted by Crippen LogP contribution is -2.32. The first-order valence-corrected chi connectivity index (χ1v) is 10.8. The van der Waals surface area contributed by atoms with Gasteiger partial charge in [-0.3, -0.25) is 24.5 Å². The summed E-state index contributed by atoms with van der Waals surface area (Å²) in [5, 5.41) is 31.1. The number of nitrogens with zero attached hydrogens (tertiary/aromatic N) is 2. The molecule has 1 atom stereocenters. The number of unbranched alkanes of at least 4 members (excludes halogenated alkanes) is 2. The fraction of sp³-hybridized carbons (Fsp3) is 0.240. The highest BCUT2D eigenvalue weighted by atomic mass is 16.6. The standard InChI is InChI=1S/C25H24N2O7/c28-20(15-14-17-9-3-1-4-10-17)22-23(18-11-6-7-12-19(18)27(33)34)26(25(32)24(22)31)16-8-2-5-13-21(29)30/h1,3-4,6-7,9-12,14-15,23,31H,2,5,8,13,16H2,(H,29,30)/b15-14+. The first-order valence-electron chi connectivity index (χ1n) is 10.8. The molecule has 34 heavy (non-hydrogen) atoms. The number of carbonyl (C=O) groups is 3. The van der Waals surface area contributed by atoms with E-state index in [1.165, 1.54) is 35.3 Å². The molecule has 0 aliphatic carbocycles. The molecule has 2 N–H and O–H groups in total.